The Morgan fingerprint density at radius 1 is 1.32 bits per heavy atom. The third-order valence-corrected chi connectivity index (χ3v) is 3.86. The Balaban J connectivity index is 1.88. The summed E-state index contributed by atoms with van der Waals surface area (Å²) in [6.07, 6.45) is 1.62. The molecule has 118 valence electrons. The van der Waals surface area contributed by atoms with Crippen molar-refractivity contribution in [2.24, 2.45) is 0 Å². The summed E-state index contributed by atoms with van der Waals surface area (Å²) in [7, 11) is 1.79. The van der Waals surface area contributed by atoms with Crippen molar-refractivity contribution < 1.29 is 9.21 Å². The zero-order valence-electron chi connectivity index (χ0n) is 13.7. The average molecular weight is 300 g/mol. The molecule has 1 aromatic heterocycles. The lowest BCUT2D eigenvalue weighted by molar-refractivity contribution is -0.129. The molecule has 0 radical (unpaired) electrons. The van der Waals surface area contributed by atoms with Crippen LogP contribution < -0.4 is 5.32 Å². The number of aryl methyl sites for hydroxylation is 2. The number of benzene rings is 1. The van der Waals surface area contributed by atoms with Crippen LogP contribution in [0.1, 0.15) is 35.4 Å². The van der Waals surface area contributed by atoms with E-state index in [0.29, 0.717) is 13.1 Å². The van der Waals surface area contributed by atoms with E-state index in [1.54, 1.807) is 18.2 Å². The number of nitrogens with one attached hydrogen (secondary N) is 1. The van der Waals surface area contributed by atoms with Gasteiger partial charge in [-0.05, 0) is 44.0 Å². The first-order chi connectivity index (χ1) is 10.5. The minimum absolute atomic E-state index is 0.0496. The summed E-state index contributed by atoms with van der Waals surface area (Å²) in [4.78, 5) is 13.8. The van der Waals surface area contributed by atoms with Crippen LogP contribution in [0.4, 0.5) is 0 Å². The molecule has 22 heavy (non-hydrogen) atoms. The normalized spacial score (nSPS) is 12.2. The van der Waals surface area contributed by atoms with Crippen LogP contribution in [0.5, 0.6) is 0 Å². The number of rotatable bonds is 6. The number of furan rings is 1. The molecule has 0 aliphatic rings. The second-order valence-corrected chi connectivity index (χ2v) is 5.79. The van der Waals surface area contributed by atoms with Gasteiger partial charge in [-0.25, -0.2) is 0 Å². The Bertz CT molecular complexity index is 620. The zero-order valence-corrected chi connectivity index (χ0v) is 13.7. The summed E-state index contributed by atoms with van der Waals surface area (Å²) in [5, 5.41) is 3.31. The van der Waals surface area contributed by atoms with Crippen molar-refractivity contribution in [1.82, 2.24) is 10.2 Å². The topological polar surface area (TPSA) is 45.5 Å². The van der Waals surface area contributed by atoms with Crippen molar-refractivity contribution in [3.8, 4) is 0 Å². The van der Waals surface area contributed by atoms with E-state index < -0.39 is 0 Å². The monoisotopic (exact) mass is 300 g/mol. The lowest BCUT2D eigenvalue weighted by Gasteiger charge is -2.20. The molecule has 1 atom stereocenters. The number of hydrogen-bond donors (Lipinski definition) is 1. The fourth-order valence-corrected chi connectivity index (χ4v) is 2.44. The van der Waals surface area contributed by atoms with E-state index in [9.17, 15) is 4.79 Å². The minimum atomic E-state index is 0.0496. The number of amides is 1. The van der Waals surface area contributed by atoms with E-state index in [4.69, 9.17) is 4.42 Å². The van der Waals surface area contributed by atoms with Crippen molar-refractivity contribution in [1.29, 1.82) is 0 Å². The van der Waals surface area contributed by atoms with Crippen LogP contribution in [-0.4, -0.2) is 24.4 Å². The lowest BCUT2D eigenvalue weighted by atomic mass is 10.00. The van der Waals surface area contributed by atoms with E-state index in [-0.39, 0.29) is 11.9 Å². The summed E-state index contributed by atoms with van der Waals surface area (Å²) in [6.45, 7) is 7.06. The molecule has 0 saturated carbocycles. The molecular formula is C18H24N2O2. The number of carbonyl (C=O) groups excluding carboxylic acids is 1. The van der Waals surface area contributed by atoms with Crippen LogP contribution in [0.25, 0.3) is 0 Å². The van der Waals surface area contributed by atoms with Crippen molar-refractivity contribution in [2.75, 3.05) is 13.6 Å². The molecule has 1 N–H and O–H groups in total. The fourth-order valence-electron chi connectivity index (χ4n) is 2.44. The molecular weight excluding hydrogens is 276 g/mol. The highest BCUT2D eigenvalue weighted by Crippen LogP contribution is 2.18. The van der Waals surface area contributed by atoms with Gasteiger partial charge in [0, 0.05) is 13.1 Å². The van der Waals surface area contributed by atoms with Crippen LogP contribution in [0, 0.1) is 13.8 Å². The van der Waals surface area contributed by atoms with Crippen LogP contribution in [0.3, 0.4) is 0 Å². The second-order valence-electron chi connectivity index (χ2n) is 5.79. The summed E-state index contributed by atoms with van der Waals surface area (Å²) >= 11 is 0. The number of nitrogens with zero attached hydrogens (tertiary/aromatic N) is 1. The van der Waals surface area contributed by atoms with Gasteiger partial charge >= 0.3 is 0 Å². The third kappa shape index (κ3) is 4.21. The van der Waals surface area contributed by atoms with E-state index in [1.165, 1.54) is 16.7 Å². The van der Waals surface area contributed by atoms with E-state index in [0.717, 1.165) is 5.76 Å². The SMILES string of the molecule is Cc1ccc(C)c([C@H](C)NCC(=O)N(C)Cc2ccco2)c1. The highest BCUT2D eigenvalue weighted by atomic mass is 16.3. The van der Waals surface area contributed by atoms with Gasteiger partial charge in [0.15, 0.2) is 0 Å². The van der Waals surface area contributed by atoms with Gasteiger partial charge in [-0.2, -0.15) is 0 Å². The van der Waals surface area contributed by atoms with Gasteiger partial charge in [-0.15, -0.1) is 0 Å². The molecule has 1 amide bonds. The number of carbonyl (C=O) groups is 1. The van der Waals surface area contributed by atoms with Gasteiger partial charge in [-0.1, -0.05) is 23.8 Å². The van der Waals surface area contributed by atoms with E-state index >= 15 is 0 Å². The zero-order chi connectivity index (χ0) is 16.1. The van der Waals surface area contributed by atoms with E-state index in [2.05, 4.69) is 44.3 Å². The highest BCUT2D eigenvalue weighted by Gasteiger charge is 2.14. The molecule has 0 bridgehead atoms. The molecule has 0 aliphatic carbocycles. The number of hydrogen-bond acceptors (Lipinski definition) is 3. The largest absolute Gasteiger partial charge is 0.467 e. The molecule has 2 rings (SSSR count). The van der Waals surface area contributed by atoms with Gasteiger partial charge in [0.1, 0.15) is 5.76 Å². The van der Waals surface area contributed by atoms with Crippen LogP contribution in [0.15, 0.2) is 41.0 Å². The minimum Gasteiger partial charge on any atom is -0.467 e. The molecule has 2 aromatic rings. The summed E-state index contributed by atoms with van der Waals surface area (Å²) in [5.74, 6) is 0.840. The Kier molecular flexibility index (Phi) is 5.39. The van der Waals surface area contributed by atoms with Crippen molar-refractivity contribution in [3.63, 3.8) is 0 Å². The third-order valence-electron chi connectivity index (χ3n) is 3.86. The summed E-state index contributed by atoms with van der Waals surface area (Å²) in [5.41, 5.74) is 3.71. The summed E-state index contributed by atoms with van der Waals surface area (Å²) in [6, 6.07) is 10.2. The average Bonchev–Trinajstić information content (AvgIpc) is 2.99. The summed E-state index contributed by atoms with van der Waals surface area (Å²) < 4.78 is 5.26. The molecule has 1 heterocycles. The molecule has 4 heteroatoms. The van der Waals surface area contributed by atoms with Gasteiger partial charge in [0.2, 0.25) is 5.91 Å². The van der Waals surface area contributed by atoms with Gasteiger partial charge < -0.3 is 14.6 Å². The molecule has 0 saturated heterocycles. The van der Waals surface area contributed by atoms with Crippen LogP contribution in [-0.2, 0) is 11.3 Å². The molecule has 0 fully saturated rings. The molecule has 4 nitrogen and oxygen atoms in total. The molecule has 0 spiro atoms. The first-order valence-electron chi connectivity index (χ1n) is 7.54. The lowest BCUT2D eigenvalue weighted by Crippen LogP contribution is -2.36. The quantitative estimate of drug-likeness (QED) is 0.891. The van der Waals surface area contributed by atoms with Crippen molar-refractivity contribution in [3.05, 3.63) is 59.0 Å². The van der Waals surface area contributed by atoms with Crippen LogP contribution in [0.2, 0.25) is 0 Å². The van der Waals surface area contributed by atoms with Crippen LogP contribution >= 0.6 is 0 Å². The second kappa shape index (κ2) is 7.27. The van der Waals surface area contributed by atoms with Crippen molar-refractivity contribution >= 4 is 5.91 Å². The molecule has 0 aliphatic heterocycles. The Morgan fingerprint density at radius 2 is 2.09 bits per heavy atom. The fraction of sp³-hybridized carbons (Fsp3) is 0.389. The van der Waals surface area contributed by atoms with Gasteiger partial charge in [0.05, 0.1) is 19.4 Å². The van der Waals surface area contributed by atoms with E-state index in [1.807, 2.05) is 12.1 Å². The smallest absolute Gasteiger partial charge is 0.236 e. The first-order valence-corrected chi connectivity index (χ1v) is 7.54. The first kappa shape index (κ1) is 16.3. The maximum atomic E-state index is 12.2. The van der Waals surface area contributed by atoms with Crippen molar-refractivity contribution in [2.45, 2.75) is 33.4 Å². The highest BCUT2D eigenvalue weighted by molar-refractivity contribution is 5.77. The maximum Gasteiger partial charge on any atom is 0.236 e. The Labute approximate surface area is 132 Å². The predicted octanol–water partition coefficient (Wildman–Crippen LogP) is 3.21. The Morgan fingerprint density at radius 3 is 2.77 bits per heavy atom. The number of likely N-dealkylation sites (N-methyl/N-ethyl adjacent to an activating group) is 1. The molecule has 0 unspecified atom stereocenters. The standard InChI is InChI=1S/C18H24N2O2/c1-13-7-8-14(2)17(10-13)15(3)19-11-18(21)20(4)12-16-6-5-9-22-16/h5-10,15,19H,11-12H2,1-4H3/t15-/m0/s1. The van der Waals surface area contributed by atoms with Gasteiger partial charge in [-0.3, -0.25) is 4.79 Å². The molecule has 1 aromatic carbocycles. The Hall–Kier alpha value is -2.07. The van der Waals surface area contributed by atoms with Gasteiger partial charge in [0.25, 0.3) is 0 Å². The maximum absolute atomic E-state index is 12.2. The predicted molar refractivity (Wildman–Crippen MR) is 87.5 cm³/mol.